The van der Waals surface area contributed by atoms with Crippen molar-refractivity contribution in [2.45, 2.75) is 33.1 Å². The van der Waals surface area contributed by atoms with E-state index < -0.39 is 0 Å². The summed E-state index contributed by atoms with van der Waals surface area (Å²) in [4.78, 5) is 0. The zero-order valence-corrected chi connectivity index (χ0v) is 16.0. The van der Waals surface area contributed by atoms with Crippen LogP contribution in [0, 0.1) is 6.92 Å². The first-order valence-electron chi connectivity index (χ1n) is 9.20. The van der Waals surface area contributed by atoms with Crippen LogP contribution in [-0.2, 0) is 12.5 Å². The van der Waals surface area contributed by atoms with Crippen LogP contribution in [0.2, 0.25) is 0 Å². The van der Waals surface area contributed by atoms with Gasteiger partial charge in [0, 0.05) is 28.7 Å². The third kappa shape index (κ3) is 1.93. The molecule has 0 bridgehead atoms. The first-order valence-corrected chi connectivity index (χ1v) is 9.20. The third-order valence-electron chi connectivity index (χ3n) is 5.66. The van der Waals surface area contributed by atoms with Crippen LogP contribution in [0.3, 0.4) is 0 Å². The lowest BCUT2D eigenvalue weighted by Crippen LogP contribution is -2.10. The van der Waals surface area contributed by atoms with Gasteiger partial charge in [-0.25, -0.2) is 0 Å². The number of aryl methyl sites for hydroxylation is 2. The Balaban J connectivity index is 2.02. The van der Waals surface area contributed by atoms with Crippen LogP contribution in [0.15, 0.2) is 52.9 Å². The van der Waals surface area contributed by atoms with E-state index in [0.29, 0.717) is 0 Å². The summed E-state index contributed by atoms with van der Waals surface area (Å²) in [6.07, 6.45) is 0. The summed E-state index contributed by atoms with van der Waals surface area (Å²) in [5, 5.41) is 4.92. The molecule has 2 heterocycles. The van der Waals surface area contributed by atoms with Crippen molar-refractivity contribution < 1.29 is 4.42 Å². The normalized spacial score (nSPS) is 12.8. The number of nitrogens with zero attached hydrogens (tertiary/aromatic N) is 1. The van der Waals surface area contributed by atoms with Gasteiger partial charge in [-0.3, -0.25) is 0 Å². The fourth-order valence-corrected chi connectivity index (χ4v) is 4.28. The molecule has 0 spiro atoms. The zero-order chi connectivity index (χ0) is 18.2. The van der Waals surface area contributed by atoms with Crippen molar-refractivity contribution in [2.24, 2.45) is 7.05 Å². The van der Waals surface area contributed by atoms with E-state index in [1.807, 2.05) is 0 Å². The van der Waals surface area contributed by atoms with Gasteiger partial charge in [-0.1, -0.05) is 45.0 Å². The Kier molecular flexibility index (Phi) is 2.93. The van der Waals surface area contributed by atoms with Crippen LogP contribution in [0.25, 0.3) is 43.7 Å². The molecule has 2 nitrogen and oxygen atoms in total. The number of benzene rings is 3. The Morgan fingerprint density at radius 2 is 1.65 bits per heavy atom. The topological polar surface area (TPSA) is 18.1 Å². The average Bonchev–Trinajstić information content (AvgIpc) is 3.11. The maximum atomic E-state index is 6.40. The fraction of sp³-hybridized carbons (Fsp3) is 0.250. The minimum absolute atomic E-state index is 0.121. The number of rotatable bonds is 0. The lowest BCUT2D eigenvalue weighted by molar-refractivity contribution is 0.590. The molecule has 26 heavy (non-hydrogen) atoms. The second-order valence-electron chi connectivity index (χ2n) is 8.43. The molecule has 2 aromatic heterocycles. The number of aromatic nitrogens is 1. The highest BCUT2D eigenvalue weighted by atomic mass is 16.3. The van der Waals surface area contributed by atoms with E-state index in [9.17, 15) is 0 Å². The maximum Gasteiger partial charge on any atom is 0.145 e. The Morgan fingerprint density at radius 1 is 0.885 bits per heavy atom. The molecule has 5 rings (SSSR count). The SMILES string of the molecule is Cc1cc2c3cc(C(C)(C)C)ccc3oc2c2c3ccccc3n(C)c12. The van der Waals surface area contributed by atoms with Crippen LogP contribution in [0.1, 0.15) is 31.9 Å². The minimum atomic E-state index is 0.121. The van der Waals surface area contributed by atoms with E-state index >= 15 is 0 Å². The first-order chi connectivity index (χ1) is 12.4. The first kappa shape index (κ1) is 15.5. The molecule has 0 atom stereocenters. The van der Waals surface area contributed by atoms with E-state index in [1.54, 1.807) is 0 Å². The molecule has 0 aliphatic rings. The van der Waals surface area contributed by atoms with Crippen molar-refractivity contribution in [3.63, 3.8) is 0 Å². The van der Waals surface area contributed by atoms with E-state index in [-0.39, 0.29) is 5.41 Å². The fourth-order valence-electron chi connectivity index (χ4n) is 4.28. The molecule has 130 valence electrons. The van der Waals surface area contributed by atoms with Gasteiger partial charge in [0.05, 0.1) is 10.9 Å². The van der Waals surface area contributed by atoms with E-state index in [1.165, 1.54) is 43.7 Å². The Bertz CT molecular complexity index is 1330. The van der Waals surface area contributed by atoms with Crippen molar-refractivity contribution in [3.8, 4) is 0 Å². The maximum absolute atomic E-state index is 6.40. The summed E-state index contributed by atoms with van der Waals surface area (Å²) < 4.78 is 8.68. The van der Waals surface area contributed by atoms with Gasteiger partial charge in [-0.05, 0) is 47.7 Å². The van der Waals surface area contributed by atoms with Gasteiger partial charge in [0.2, 0.25) is 0 Å². The second-order valence-corrected chi connectivity index (χ2v) is 8.43. The van der Waals surface area contributed by atoms with Crippen LogP contribution < -0.4 is 0 Å². The third-order valence-corrected chi connectivity index (χ3v) is 5.66. The molecule has 0 amide bonds. The Labute approximate surface area is 153 Å². The highest BCUT2D eigenvalue weighted by Gasteiger charge is 2.20. The minimum Gasteiger partial charge on any atom is -0.455 e. The molecule has 0 aliphatic carbocycles. The second kappa shape index (κ2) is 4.91. The quantitative estimate of drug-likeness (QED) is 0.302. The lowest BCUT2D eigenvalue weighted by Gasteiger charge is -2.18. The summed E-state index contributed by atoms with van der Waals surface area (Å²) in [6.45, 7) is 8.97. The molecule has 5 aromatic rings. The molecule has 0 saturated carbocycles. The van der Waals surface area contributed by atoms with Gasteiger partial charge in [0.1, 0.15) is 11.2 Å². The molecular weight excluding hydrogens is 318 g/mol. The highest BCUT2D eigenvalue weighted by Crippen LogP contribution is 2.41. The van der Waals surface area contributed by atoms with Gasteiger partial charge in [0.25, 0.3) is 0 Å². The molecule has 0 unspecified atom stereocenters. The number of hydrogen-bond donors (Lipinski definition) is 0. The summed E-state index contributed by atoms with van der Waals surface area (Å²) in [5.74, 6) is 0. The predicted octanol–water partition coefficient (Wildman–Crippen LogP) is 6.84. The van der Waals surface area contributed by atoms with Crippen molar-refractivity contribution >= 4 is 43.7 Å². The monoisotopic (exact) mass is 341 g/mol. The summed E-state index contributed by atoms with van der Waals surface area (Å²) in [5.41, 5.74) is 7.22. The van der Waals surface area contributed by atoms with Gasteiger partial charge in [0.15, 0.2) is 0 Å². The van der Waals surface area contributed by atoms with Crippen molar-refractivity contribution in [2.75, 3.05) is 0 Å². The summed E-state index contributed by atoms with van der Waals surface area (Å²) in [6, 6.07) is 17.5. The number of hydrogen-bond acceptors (Lipinski definition) is 1. The molecule has 2 heteroatoms. The molecule has 0 saturated heterocycles. The summed E-state index contributed by atoms with van der Waals surface area (Å²) >= 11 is 0. The van der Waals surface area contributed by atoms with Crippen LogP contribution in [0.5, 0.6) is 0 Å². The largest absolute Gasteiger partial charge is 0.455 e. The highest BCUT2D eigenvalue weighted by molar-refractivity contribution is 6.24. The molecule has 0 radical (unpaired) electrons. The van der Waals surface area contributed by atoms with Crippen molar-refractivity contribution in [1.82, 2.24) is 4.57 Å². The Hall–Kier alpha value is -2.74. The van der Waals surface area contributed by atoms with Crippen LogP contribution >= 0.6 is 0 Å². The van der Waals surface area contributed by atoms with Gasteiger partial charge in [-0.15, -0.1) is 0 Å². The van der Waals surface area contributed by atoms with Crippen molar-refractivity contribution in [1.29, 1.82) is 0 Å². The van der Waals surface area contributed by atoms with Gasteiger partial charge < -0.3 is 8.98 Å². The number of para-hydroxylation sites is 1. The van der Waals surface area contributed by atoms with E-state index in [0.717, 1.165) is 11.2 Å². The van der Waals surface area contributed by atoms with E-state index in [2.05, 4.69) is 87.8 Å². The standard InChI is InChI=1S/C24H23NO/c1-14-12-18-17-13-15(24(2,3)4)10-11-20(17)26-23(18)21-16-8-6-7-9-19(16)25(5)22(14)21/h6-13H,1-5H3. The average molecular weight is 341 g/mol. The number of furan rings is 1. The number of fused-ring (bicyclic) bond motifs is 7. The molecule has 0 N–H and O–H groups in total. The van der Waals surface area contributed by atoms with Gasteiger partial charge in [-0.2, -0.15) is 0 Å². The molecule has 0 fully saturated rings. The smallest absolute Gasteiger partial charge is 0.145 e. The van der Waals surface area contributed by atoms with Gasteiger partial charge >= 0.3 is 0 Å². The predicted molar refractivity (Wildman–Crippen MR) is 111 cm³/mol. The lowest BCUT2D eigenvalue weighted by atomic mass is 9.86. The van der Waals surface area contributed by atoms with Crippen LogP contribution in [0.4, 0.5) is 0 Å². The summed E-state index contributed by atoms with van der Waals surface area (Å²) in [7, 11) is 2.14. The Morgan fingerprint density at radius 3 is 2.42 bits per heavy atom. The van der Waals surface area contributed by atoms with Crippen LogP contribution in [-0.4, -0.2) is 4.57 Å². The van der Waals surface area contributed by atoms with Crippen molar-refractivity contribution in [3.05, 3.63) is 59.7 Å². The molecular formula is C24H23NO. The molecule has 3 aromatic carbocycles. The zero-order valence-electron chi connectivity index (χ0n) is 16.0. The molecule has 0 aliphatic heterocycles. The van der Waals surface area contributed by atoms with E-state index in [4.69, 9.17) is 4.42 Å².